The number of para-hydroxylation sites is 3. The van der Waals surface area contributed by atoms with Crippen LogP contribution in [0.25, 0.3) is 11.0 Å². The van der Waals surface area contributed by atoms with Gasteiger partial charge in [-0.3, -0.25) is 0 Å². The smallest absolute Gasteiger partial charge is 0.322 e. The number of aryl methyl sites for hydroxylation is 1. The van der Waals surface area contributed by atoms with Gasteiger partial charge >= 0.3 is 6.03 Å². The highest BCUT2D eigenvalue weighted by Crippen LogP contribution is 2.34. The van der Waals surface area contributed by atoms with E-state index in [-0.39, 0.29) is 12.1 Å². The quantitative estimate of drug-likeness (QED) is 0.643. The molecule has 3 aromatic rings. The molecule has 1 saturated heterocycles. The van der Waals surface area contributed by atoms with Gasteiger partial charge in [0.2, 0.25) is 0 Å². The number of likely N-dealkylation sites (tertiary alicyclic amines) is 1. The molecule has 1 aromatic heterocycles. The van der Waals surface area contributed by atoms with Crippen LogP contribution in [0.4, 0.5) is 10.5 Å². The Bertz CT molecular complexity index is 952. The number of halogens is 1. The fourth-order valence-electron chi connectivity index (χ4n) is 3.71. The monoisotopic (exact) mass is 412 g/mol. The highest BCUT2D eigenvalue weighted by molar-refractivity contribution is 9.10. The Labute approximate surface area is 161 Å². The first kappa shape index (κ1) is 17.1. The van der Waals surface area contributed by atoms with Gasteiger partial charge in [-0.1, -0.05) is 24.3 Å². The molecule has 6 heteroatoms. The molecule has 0 spiro atoms. The maximum atomic E-state index is 12.9. The molecular formula is C20H21BrN4O. The Hall–Kier alpha value is -2.34. The summed E-state index contributed by atoms with van der Waals surface area (Å²) >= 11 is 3.49. The molecule has 0 saturated carbocycles. The molecule has 5 nitrogen and oxygen atoms in total. The summed E-state index contributed by atoms with van der Waals surface area (Å²) in [7, 11) is 0. The van der Waals surface area contributed by atoms with Crippen LogP contribution in [-0.2, 0) is 6.54 Å². The van der Waals surface area contributed by atoms with E-state index in [1.807, 2.05) is 47.4 Å². The van der Waals surface area contributed by atoms with Gasteiger partial charge in [0.05, 0.1) is 22.8 Å². The van der Waals surface area contributed by atoms with Gasteiger partial charge in [0.1, 0.15) is 5.82 Å². The number of amides is 2. The minimum Gasteiger partial charge on any atom is -0.327 e. The van der Waals surface area contributed by atoms with Crippen LogP contribution in [0.1, 0.15) is 31.6 Å². The lowest BCUT2D eigenvalue weighted by Gasteiger charge is -2.25. The Balaban J connectivity index is 1.65. The summed E-state index contributed by atoms with van der Waals surface area (Å²) in [6.07, 6.45) is 1.92. The van der Waals surface area contributed by atoms with Crippen molar-refractivity contribution >= 4 is 38.7 Å². The SMILES string of the molecule is CCn1c(C2CCCN2C(=O)Nc2ccccc2Br)nc2ccccc21. The second kappa shape index (κ2) is 7.11. The maximum absolute atomic E-state index is 12.9. The summed E-state index contributed by atoms with van der Waals surface area (Å²) in [5.74, 6) is 0.980. The van der Waals surface area contributed by atoms with E-state index in [1.54, 1.807) is 0 Å². The highest BCUT2D eigenvalue weighted by atomic mass is 79.9. The summed E-state index contributed by atoms with van der Waals surface area (Å²) in [4.78, 5) is 19.7. The second-order valence-electron chi connectivity index (χ2n) is 6.46. The fraction of sp³-hybridized carbons (Fsp3) is 0.300. The van der Waals surface area contributed by atoms with Gasteiger partial charge in [-0.2, -0.15) is 0 Å². The number of aromatic nitrogens is 2. The van der Waals surface area contributed by atoms with E-state index < -0.39 is 0 Å². The van der Waals surface area contributed by atoms with Crippen molar-refractivity contribution in [2.75, 3.05) is 11.9 Å². The van der Waals surface area contributed by atoms with Gasteiger partial charge in [0, 0.05) is 17.6 Å². The first-order valence-corrected chi connectivity index (χ1v) is 9.75. The average Bonchev–Trinajstić information content (AvgIpc) is 3.27. The number of hydrogen-bond acceptors (Lipinski definition) is 2. The predicted octanol–water partition coefficient (Wildman–Crippen LogP) is 5.19. The zero-order chi connectivity index (χ0) is 18.1. The fourth-order valence-corrected chi connectivity index (χ4v) is 4.09. The minimum atomic E-state index is -0.0749. The number of urea groups is 1. The molecule has 1 unspecified atom stereocenters. The van der Waals surface area contributed by atoms with Crippen LogP contribution < -0.4 is 5.32 Å². The number of rotatable bonds is 3. The summed E-state index contributed by atoms with van der Waals surface area (Å²) in [6, 6.07) is 15.8. The number of anilines is 1. The van der Waals surface area contributed by atoms with Gasteiger partial charge < -0.3 is 14.8 Å². The number of benzene rings is 2. The molecule has 1 aliphatic rings. The van der Waals surface area contributed by atoms with Crippen molar-refractivity contribution in [2.45, 2.75) is 32.4 Å². The van der Waals surface area contributed by atoms with Crippen molar-refractivity contribution in [3.05, 3.63) is 58.8 Å². The van der Waals surface area contributed by atoms with E-state index in [2.05, 4.69) is 38.8 Å². The Kier molecular flexibility index (Phi) is 4.68. The number of imidazole rings is 1. The molecular weight excluding hydrogens is 392 g/mol. The van der Waals surface area contributed by atoms with Crippen molar-refractivity contribution in [3.63, 3.8) is 0 Å². The summed E-state index contributed by atoms with van der Waals surface area (Å²) in [5, 5.41) is 3.03. The first-order chi connectivity index (χ1) is 12.7. The number of carbonyl (C=O) groups is 1. The third-order valence-electron chi connectivity index (χ3n) is 4.93. The largest absolute Gasteiger partial charge is 0.327 e. The molecule has 0 aliphatic carbocycles. The van der Waals surface area contributed by atoms with Gasteiger partial charge in [-0.05, 0) is 60.0 Å². The van der Waals surface area contributed by atoms with Crippen LogP contribution in [0.5, 0.6) is 0 Å². The lowest BCUT2D eigenvalue weighted by molar-refractivity contribution is 0.204. The zero-order valence-corrected chi connectivity index (χ0v) is 16.2. The van der Waals surface area contributed by atoms with Crippen molar-refractivity contribution in [1.82, 2.24) is 14.5 Å². The molecule has 1 aliphatic heterocycles. The molecule has 2 amide bonds. The molecule has 1 fully saturated rings. The summed E-state index contributed by atoms with van der Waals surface area (Å²) in [5.41, 5.74) is 2.90. The number of nitrogens with one attached hydrogen (secondary N) is 1. The van der Waals surface area contributed by atoms with Crippen LogP contribution in [0.2, 0.25) is 0 Å². The standard InChI is InChI=1S/C20H21BrN4O/c1-2-24-17-11-6-5-10-16(17)22-19(24)18-12-7-13-25(18)20(26)23-15-9-4-3-8-14(15)21/h3-6,8-11,18H,2,7,12-13H2,1H3,(H,23,26). The number of fused-ring (bicyclic) bond motifs is 1. The summed E-state index contributed by atoms with van der Waals surface area (Å²) < 4.78 is 3.11. The van der Waals surface area contributed by atoms with Gasteiger partial charge in [0.15, 0.2) is 0 Å². The third kappa shape index (κ3) is 2.98. The Morgan fingerprint density at radius 2 is 2.00 bits per heavy atom. The van der Waals surface area contributed by atoms with Gasteiger partial charge in [0.25, 0.3) is 0 Å². The second-order valence-corrected chi connectivity index (χ2v) is 7.32. The molecule has 1 N–H and O–H groups in total. The van der Waals surface area contributed by atoms with Crippen molar-refractivity contribution in [1.29, 1.82) is 0 Å². The van der Waals surface area contributed by atoms with Crippen molar-refractivity contribution < 1.29 is 4.79 Å². The molecule has 4 rings (SSSR count). The van der Waals surface area contributed by atoms with E-state index in [0.29, 0.717) is 0 Å². The molecule has 26 heavy (non-hydrogen) atoms. The molecule has 2 heterocycles. The van der Waals surface area contributed by atoms with Gasteiger partial charge in [-0.15, -0.1) is 0 Å². The van der Waals surface area contributed by atoms with Crippen molar-refractivity contribution in [2.24, 2.45) is 0 Å². The van der Waals surface area contributed by atoms with E-state index in [4.69, 9.17) is 4.98 Å². The number of hydrogen-bond donors (Lipinski definition) is 1. The first-order valence-electron chi connectivity index (χ1n) is 8.96. The molecule has 134 valence electrons. The van der Waals surface area contributed by atoms with Crippen LogP contribution in [-0.4, -0.2) is 27.0 Å². The van der Waals surface area contributed by atoms with Crippen LogP contribution in [0, 0.1) is 0 Å². The minimum absolute atomic E-state index is 0.00448. The zero-order valence-electron chi connectivity index (χ0n) is 14.7. The van der Waals surface area contributed by atoms with Crippen LogP contribution in [0.3, 0.4) is 0 Å². The van der Waals surface area contributed by atoms with E-state index in [0.717, 1.165) is 52.9 Å². The lowest BCUT2D eigenvalue weighted by atomic mass is 10.2. The van der Waals surface area contributed by atoms with E-state index in [1.165, 1.54) is 0 Å². The molecule has 1 atom stereocenters. The highest BCUT2D eigenvalue weighted by Gasteiger charge is 2.33. The lowest BCUT2D eigenvalue weighted by Crippen LogP contribution is -2.35. The Morgan fingerprint density at radius 3 is 2.81 bits per heavy atom. The molecule has 0 radical (unpaired) electrons. The number of carbonyl (C=O) groups excluding carboxylic acids is 1. The van der Waals surface area contributed by atoms with Crippen LogP contribution >= 0.6 is 15.9 Å². The number of nitrogens with zero attached hydrogens (tertiary/aromatic N) is 3. The van der Waals surface area contributed by atoms with E-state index in [9.17, 15) is 4.79 Å². The summed E-state index contributed by atoms with van der Waals surface area (Å²) in [6.45, 7) is 3.71. The van der Waals surface area contributed by atoms with Crippen LogP contribution in [0.15, 0.2) is 53.0 Å². The maximum Gasteiger partial charge on any atom is 0.322 e. The van der Waals surface area contributed by atoms with E-state index >= 15 is 0 Å². The third-order valence-corrected chi connectivity index (χ3v) is 5.62. The molecule has 0 bridgehead atoms. The van der Waals surface area contributed by atoms with Crippen molar-refractivity contribution in [3.8, 4) is 0 Å². The Morgan fingerprint density at radius 1 is 1.23 bits per heavy atom. The molecule has 2 aromatic carbocycles. The normalized spacial score (nSPS) is 17.0. The average molecular weight is 413 g/mol. The topological polar surface area (TPSA) is 50.2 Å². The van der Waals surface area contributed by atoms with Gasteiger partial charge in [-0.25, -0.2) is 9.78 Å². The predicted molar refractivity (Wildman–Crippen MR) is 107 cm³/mol.